The Labute approximate surface area is 196 Å². The van der Waals surface area contributed by atoms with E-state index in [1.165, 1.54) is 23.5 Å². The van der Waals surface area contributed by atoms with E-state index in [-0.39, 0.29) is 4.90 Å². The number of carbonyl (C=O) groups is 1. The van der Waals surface area contributed by atoms with Crippen LogP contribution in [0.3, 0.4) is 0 Å². The predicted octanol–water partition coefficient (Wildman–Crippen LogP) is 4.66. The fraction of sp³-hybridized carbons (Fsp3) is 0.125. The van der Waals surface area contributed by atoms with Gasteiger partial charge in [-0.1, -0.05) is 72.0 Å². The first-order valence-electron chi connectivity index (χ1n) is 10.2. The summed E-state index contributed by atoms with van der Waals surface area (Å²) in [6, 6.07) is 23.1. The minimum atomic E-state index is -3.98. The van der Waals surface area contributed by atoms with Gasteiger partial charge in [-0.05, 0) is 43.2 Å². The summed E-state index contributed by atoms with van der Waals surface area (Å²) in [7, 11) is -3.98. The van der Waals surface area contributed by atoms with Crippen molar-refractivity contribution in [2.24, 2.45) is 0 Å². The number of carbonyl (C=O) groups excluding carboxylic acids is 1. The number of amides is 1. The maximum atomic E-state index is 13.5. The second-order valence-electron chi connectivity index (χ2n) is 7.44. The second kappa shape index (κ2) is 9.51. The van der Waals surface area contributed by atoms with Crippen molar-refractivity contribution in [2.75, 3.05) is 16.2 Å². The van der Waals surface area contributed by atoms with Crippen molar-refractivity contribution in [3.8, 4) is 10.6 Å². The lowest BCUT2D eigenvalue weighted by Gasteiger charge is -2.25. The molecule has 0 saturated carbocycles. The molecule has 7 nitrogen and oxygen atoms in total. The van der Waals surface area contributed by atoms with Crippen LogP contribution in [0.5, 0.6) is 0 Å². The van der Waals surface area contributed by atoms with Crippen LogP contribution in [0.1, 0.15) is 11.1 Å². The summed E-state index contributed by atoms with van der Waals surface area (Å²) in [6.07, 6.45) is 0. The Kier molecular flexibility index (Phi) is 6.52. The minimum Gasteiger partial charge on any atom is -0.299 e. The largest absolute Gasteiger partial charge is 0.299 e. The Morgan fingerprint density at radius 1 is 0.939 bits per heavy atom. The van der Waals surface area contributed by atoms with Gasteiger partial charge in [0, 0.05) is 5.56 Å². The van der Waals surface area contributed by atoms with E-state index in [1.807, 2.05) is 56.3 Å². The lowest BCUT2D eigenvalue weighted by atomic mass is 10.1. The molecule has 1 amide bonds. The normalized spacial score (nSPS) is 11.2. The van der Waals surface area contributed by atoms with Gasteiger partial charge < -0.3 is 0 Å². The van der Waals surface area contributed by atoms with Crippen LogP contribution in [0.15, 0.2) is 83.8 Å². The quantitative estimate of drug-likeness (QED) is 0.417. The maximum absolute atomic E-state index is 13.5. The first kappa shape index (κ1) is 22.6. The van der Waals surface area contributed by atoms with E-state index in [0.29, 0.717) is 15.8 Å². The van der Waals surface area contributed by atoms with E-state index in [4.69, 9.17) is 0 Å². The first-order chi connectivity index (χ1) is 15.8. The molecule has 0 radical (unpaired) electrons. The van der Waals surface area contributed by atoms with E-state index < -0.39 is 22.5 Å². The summed E-state index contributed by atoms with van der Waals surface area (Å²) in [5.41, 5.74) is 2.98. The fourth-order valence-electron chi connectivity index (χ4n) is 3.27. The number of anilines is 2. The molecule has 1 aromatic heterocycles. The standard InChI is InChI=1S/C24H22N4O3S2/c1-17-13-14-18(2)21(15-17)28(33(30,31)20-11-7-4-8-12-20)16-22(29)25-24-27-26-23(32-24)19-9-5-3-6-10-19/h3-15H,16H2,1-2H3,(H,25,27,29). The minimum absolute atomic E-state index is 0.112. The summed E-state index contributed by atoms with van der Waals surface area (Å²) >= 11 is 1.22. The van der Waals surface area contributed by atoms with Gasteiger partial charge in [-0.15, -0.1) is 10.2 Å². The molecule has 0 unspecified atom stereocenters. The van der Waals surface area contributed by atoms with Crippen molar-refractivity contribution in [2.45, 2.75) is 18.7 Å². The summed E-state index contributed by atoms with van der Waals surface area (Å²) in [4.78, 5) is 13.0. The van der Waals surface area contributed by atoms with Crippen LogP contribution in [-0.2, 0) is 14.8 Å². The van der Waals surface area contributed by atoms with Crippen LogP contribution in [0.2, 0.25) is 0 Å². The molecule has 1 heterocycles. The van der Waals surface area contributed by atoms with E-state index in [9.17, 15) is 13.2 Å². The van der Waals surface area contributed by atoms with Gasteiger partial charge in [0.1, 0.15) is 11.6 Å². The highest BCUT2D eigenvalue weighted by molar-refractivity contribution is 7.92. The van der Waals surface area contributed by atoms with E-state index >= 15 is 0 Å². The number of benzene rings is 3. The van der Waals surface area contributed by atoms with Crippen molar-refractivity contribution >= 4 is 38.1 Å². The molecule has 0 spiro atoms. The zero-order valence-corrected chi connectivity index (χ0v) is 19.7. The second-order valence-corrected chi connectivity index (χ2v) is 10.3. The number of aromatic nitrogens is 2. The van der Waals surface area contributed by atoms with Gasteiger partial charge >= 0.3 is 0 Å². The maximum Gasteiger partial charge on any atom is 0.264 e. The SMILES string of the molecule is Cc1ccc(C)c(N(CC(=O)Nc2nnc(-c3ccccc3)s2)S(=O)(=O)c2ccccc2)c1. The molecule has 0 atom stereocenters. The van der Waals surface area contributed by atoms with E-state index in [2.05, 4.69) is 15.5 Å². The molecule has 0 aliphatic heterocycles. The average molecular weight is 479 g/mol. The Morgan fingerprint density at radius 3 is 2.30 bits per heavy atom. The van der Waals surface area contributed by atoms with Crippen molar-refractivity contribution in [3.63, 3.8) is 0 Å². The van der Waals surface area contributed by atoms with Gasteiger partial charge in [-0.2, -0.15) is 0 Å². The van der Waals surface area contributed by atoms with Gasteiger partial charge in [0.15, 0.2) is 0 Å². The zero-order valence-electron chi connectivity index (χ0n) is 18.1. The van der Waals surface area contributed by atoms with Crippen LogP contribution in [0, 0.1) is 13.8 Å². The summed E-state index contributed by atoms with van der Waals surface area (Å²) in [5.74, 6) is -0.508. The average Bonchev–Trinajstić information content (AvgIpc) is 3.28. The smallest absolute Gasteiger partial charge is 0.264 e. The lowest BCUT2D eigenvalue weighted by molar-refractivity contribution is -0.114. The van der Waals surface area contributed by atoms with Crippen molar-refractivity contribution in [3.05, 3.63) is 90.0 Å². The van der Waals surface area contributed by atoms with Gasteiger partial charge in [0.2, 0.25) is 11.0 Å². The zero-order chi connectivity index (χ0) is 23.4. The highest BCUT2D eigenvalue weighted by Crippen LogP contribution is 2.29. The molecule has 0 aliphatic rings. The molecule has 4 rings (SSSR count). The number of rotatable bonds is 7. The molecule has 1 N–H and O–H groups in total. The van der Waals surface area contributed by atoms with Crippen molar-refractivity contribution in [1.82, 2.24) is 10.2 Å². The van der Waals surface area contributed by atoms with Gasteiger partial charge in [-0.3, -0.25) is 14.4 Å². The molecule has 33 heavy (non-hydrogen) atoms. The molecule has 0 saturated heterocycles. The van der Waals surface area contributed by atoms with Gasteiger partial charge in [0.25, 0.3) is 10.0 Å². The molecular weight excluding hydrogens is 456 g/mol. The number of hydrogen-bond acceptors (Lipinski definition) is 6. The topological polar surface area (TPSA) is 92.3 Å². The van der Waals surface area contributed by atoms with Gasteiger partial charge in [-0.25, -0.2) is 8.42 Å². The number of nitrogens with zero attached hydrogens (tertiary/aromatic N) is 3. The molecule has 168 valence electrons. The van der Waals surface area contributed by atoms with Crippen LogP contribution in [0.25, 0.3) is 10.6 Å². The Hall–Kier alpha value is -3.56. The molecular formula is C24H22N4O3S2. The van der Waals surface area contributed by atoms with Crippen LogP contribution < -0.4 is 9.62 Å². The third-order valence-electron chi connectivity index (χ3n) is 4.94. The highest BCUT2D eigenvalue weighted by atomic mass is 32.2. The Morgan fingerprint density at radius 2 is 1.61 bits per heavy atom. The Bertz CT molecular complexity index is 1370. The summed E-state index contributed by atoms with van der Waals surface area (Å²) in [6.45, 7) is 3.29. The molecule has 0 fully saturated rings. The fourth-order valence-corrected chi connectivity index (χ4v) is 5.53. The molecule has 0 bridgehead atoms. The molecule has 4 aromatic rings. The van der Waals surface area contributed by atoms with Crippen LogP contribution in [-0.4, -0.2) is 31.1 Å². The first-order valence-corrected chi connectivity index (χ1v) is 12.4. The van der Waals surface area contributed by atoms with E-state index in [1.54, 1.807) is 24.3 Å². The highest BCUT2D eigenvalue weighted by Gasteiger charge is 2.28. The third kappa shape index (κ3) is 5.10. The summed E-state index contributed by atoms with van der Waals surface area (Å²) < 4.78 is 28.1. The van der Waals surface area contributed by atoms with Crippen LogP contribution >= 0.6 is 11.3 Å². The molecule has 9 heteroatoms. The predicted molar refractivity (Wildman–Crippen MR) is 131 cm³/mol. The summed E-state index contributed by atoms with van der Waals surface area (Å²) in [5, 5.41) is 11.8. The molecule has 3 aromatic carbocycles. The monoisotopic (exact) mass is 478 g/mol. The number of hydrogen-bond donors (Lipinski definition) is 1. The third-order valence-corrected chi connectivity index (χ3v) is 7.61. The van der Waals surface area contributed by atoms with Crippen LogP contribution in [0.4, 0.5) is 10.8 Å². The number of sulfonamides is 1. The Balaban J connectivity index is 1.62. The van der Waals surface area contributed by atoms with Crippen molar-refractivity contribution in [1.29, 1.82) is 0 Å². The number of nitrogens with one attached hydrogen (secondary N) is 1. The lowest BCUT2D eigenvalue weighted by Crippen LogP contribution is -2.38. The van der Waals surface area contributed by atoms with E-state index in [0.717, 1.165) is 21.0 Å². The molecule has 0 aliphatic carbocycles. The van der Waals surface area contributed by atoms with Crippen molar-refractivity contribution < 1.29 is 13.2 Å². The number of aryl methyl sites for hydroxylation is 2. The van der Waals surface area contributed by atoms with Gasteiger partial charge in [0.05, 0.1) is 10.6 Å².